The first-order chi connectivity index (χ1) is 7.39. The van der Waals surface area contributed by atoms with E-state index in [0.717, 1.165) is 11.1 Å². The maximum Gasteiger partial charge on any atom is 0.315 e. The van der Waals surface area contributed by atoms with Gasteiger partial charge in [0, 0.05) is 6.04 Å². The molecule has 0 heterocycles. The van der Waals surface area contributed by atoms with Crippen LogP contribution in [-0.2, 0) is 14.9 Å². The highest BCUT2D eigenvalue weighted by molar-refractivity contribution is 5.82. The normalized spacial score (nSPS) is 13.3. The molecule has 88 valence electrons. The summed E-state index contributed by atoms with van der Waals surface area (Å²) in [6.45, 7) is 5.61. The maximum atomic E-state index is 11.7. The lowest BCUT2D eigenvalue weighted by molar-refractivity contribution is -0.146. The third kappa shape index (κ3) is 2.42. The molecule has 1 atom stereocenters. The SMILES string of the molecule is COC(=O)C(C)(C)c1cccc([C@H](C)N)c1. The predicted octanol–water partition coefficient (Wildman–Crippen LogP) is 2.16. The van der Waals surface area contributed by atoms with E-state index in [1.807, 2.05) is 45.0 Å². The minimum atomic E-state index is -0.639. The number of rotatable bonds is 3. The van der Waals surface area contributed by atoms with Gasteiger partial charge in [0.25, 0.3) is 0 Å². The van der Waals surface area contributed by atoms with E-state index < -0.39 is 5.41 Å². The molecule has 0 aliphatic heterocycles. The van der Waals surface area contributed by atoms with Crippen molar-refractivity contribution in [1.82, 2.24) is 0 Å². The van der Waals surface area contributed by atoms with Gasteiger partial charge in [-0.1, -0.05) is 24.3 Å². The minimum absolute atomic E-state index is 0.0339. The largest absolute Gasteiger partial charge is 0.468 e. The lowest BCUT2D eigenvalue weighted by Crippen LogP contribution is -2.30. The second-order valence-corrected chi connectivity index (χ2v) is 4.53. The molecule has 0 radical (unpaired) electrons. The van der Waals surface area contributed by atoms with Crippen molar-refractivity contribution in [2.24, 2.45) is 5.73 Å². The average Bonchev–Trinajstić information content (AvgIpc) is 2.28. The van der Waals surface area contributed by atoms with E-state index in [-0.39, 0.29) is 12.0 Å². The molecule has 2 N–H and O–H groups in total. The van der Waals surface area contributed by atoms with Crippen LogP contribution in [0, 0.1) is 0 Å². The summed E-state index contributed by atoms with van der Waals surface area (Å²) in [5.41, 5.74) is 7.13. The van der Waals surface area contributed by atoms with Crippen molar-refractivity contribution in [1.29, 1.82) is 0 Å². The predicted molar refractivity (Wildman–Crippen MR) is 64.1 cm³/mol. The number of methoxy groups -OCH3 is 1. The minimum Gasteiger partial charge on any atom is -0.468 e. The molecule has 1 aromatic carbocycles. The first-order valence-corrected chi connectivity index (χ1v) is 5.34. The molecular weight excluding hydrogens is 202 g/mol. The number of carbonyl (C=O) groups excluding carboxylic acids is 1. The maximum absolute atomic E-state index is 11.7. The first-order valence-electron chi connectivity index (χ1n) is 5.34. The van der Waals surface area contributed by atoms with Gasteiger partial charge in [-0.05, 0) is 31.9 Å². The Morgan fingerprint density at radius 3 is 2.56 bits per heavy atom. The zero-order chi connectivity index (χ0) is 12.3. The highest BCUT2D eigenvalue weighted by atomic mass is 16.5. The summed E-state index contributed by atoms with van der Waals surface area (Å²) in [7, 11) is 1.40. The van der Waals surface area contributed by atoms with Crippen molar-refractivity contribution in [3.05, 3.63) is 35.4 Å². The molecule has 0 fully saturated rings. The van der Waals surface area contributed by atoms with E-state index in [4.69, 9.17) is 10.5 Å². The van der Waals surface area contributed by atoms with Crippen LogP contribution in [0.3, 0.4) is 0 Å². The molecule has 0 bridgehead atoms. The second kappa shape index (κ2) is 4.66. The highest BCUT2D eigenvalue weighted by Gasteiger charge is 2.30. The number of hydrogen-bond acceptors (Lipinski definition) is 3. The van der Waals surface area contributed by atoms with Gasteiger partial charge < -0.3 is 10.5 Å². The van der Waals surface area contributed by atoms with Crippen LogP contribution >= 0.6 is 0 Å². The summed E-state index contributed by atoms with van der Waals surface area (Å²) in [4.78, 5) is 11.7. The van der Waals surface area contributed by atoms with Crippen LogP contribution in [0.5, 0.6) is 0 Å². The summed E-state index contributed by atoms with van der Waals surface area (Å²) < 4.78 is 4.80. The molecule has 3 nitrogen and oxygen atoms in total. The van der Waals surface area contributed by atoms with Crippen molar-refractivity contribution in [2.75, 3.05) is 7.11 Å². The molecule has 0 aromatic heterocycles. The quantitative estimate of drug-likeness (QED) is 0.796. The Bertz CT molecular complexity index is 383. The molecule has 0 spiro atoms. The van der Waals surface area contributed by atoms with E-state index >= 15 is 0 Å². The van der Waals surface area contributed by atoms with Gasteiger partial charge in [0.15, 0.2) is 0 Å². The molecule has 3 heteroatoms. The Balaban J connectivity index is 3.13. The molecule has 1 rings (SSSR count). The summed E-state index contributed by atoms with van der Waals surface area (Å²) in [6.07, 6.45) is 0. The van der Waals surface area contributed by atoms with Gasteiger partial charge >= 0.3 is 5.97 Å². The van der Waals surface area contributed by atoms with Gasteiger partial charge in [-0.2, -0.15) is 0 Å². The van der Waals surface area contributed by atoms with Crippen molar-refractivity contribution in [3.8, 4) is 0 Å². The van der Waals surface area contributed by atoms with Crippen LogP contribution in [0.15, 0.2) is 24.3 Å². The molecule has 0 unspecified atom stereocenters. The summed E-state index contributed by atoms with van der Waals surface area (Å²) in [5.74, 6) is -0.241. The van der Waals surface area contributed by atoms with Crippen LogP contribution in [0.1, 0.15) is 37.9 Å². The van der Waals surface area contributed by atoms with Gasteiger partial charge in [0.1, 0.15) is 0 Å². The summed E-state index contributed by atoms with van der Waals surface area (Å²) in [6, 6.07) is 7.72. The number of benzene rings is 1. The third-order valence-corrected chi connectivity index (χ3v) is 2.83. The standard InChI is InChI=1S/C13H19NO2/c1-9(14)10-6-5-7-11(8-10)13(2,3)12(15)16-4/h5-9H,14H2,1-4H3/t9-/m0/s1. The van der Waals surface area contributed by atoms with E-state index in [1.165, 1.54) is 7.11 Å². The van der Waals surface area contributed by atoms with Gasteiger partial charge in [0.05, 0.1) is 12.5 Å². The van der Waals surface area contributed by atoms with Gasteiger partial charge in [-0.3, -0.25) is 4.79 Å². The lowest BCUT2D eigenvalue weighted by Gasteiger charge is -2.23. The van der Waals surface area contributed by atoms with Crippen molar-refractivity contribution >= 4 is 5.97 Å². The van der Waals surface area contributed by atoms with Gasteiger partial charge in [-0.25, -0.2) is 0 Å². The fourth-order valence-electron chi connectivity index (χ4n) is 1.58. The molecular formula is C13H19NO2. The monoisotopic (exact) mass is 221 g/mol. The van der Waals surface area contributed by atoms with E-state index in [9.17, 15) is 4.79 Å². The second-order valence-electron chi connectivity index (χ2n) is 4.53. The van der Waals surface area contributed by atoms with Crippen LogP contribution in [0.2, 0.25) is 0 Å². The van der Waals surface area contributed by atoms with Crippen molar-refractivity contribution < 1.29 is 9.53 Å². The Morgan fingerprint density at radius 1 is 1.44 bits per heavy atom. The van der Waals surface area contributed by atoms with Crippen LogP contribution in [0.4, 0.5) is 0 Å². The Morgan fingerprint density at radius 2 is 2.06 bits per heavy atom. The average molecular weight is 221 g/mol. The topological polar surface area (TPSA) is 52.3 Å². The number of esters is 1. The number of carbonyl (C=O) groups is 1. The Labute approximate surface area is 96.6 Å². The van der Waals surface area contributed by atoms with Gasteiger partial charge in [0.2, 0.25) is 0 Å². The van der Waals surface area contributed by atoms with E-state index in [2.05, 4.69) is 0 Å². The third-order valence-electron chi connectivity index (χ3n) is 2.83. The van der Waals surface area contributed by atoms with Crippen LogP contribution in [0.25, 0.3) is 0 Å². The number of ether oxygens (including phenoxy) is 1. The van der Waals surface area contributed by atoms with E-state index in [0.29, 0.717) is 0 Å². The first kappa shape index (κ1) is 12.7. The van der Waals surface area contributed by atoms with Crippen LogP contribution < -0.4 is 5.73 Å². The molecule has 1 aromatic rings. The van der Waals surface area contributed by atoms with Crippen LogP contribution in [-0.4, -0.2) is 13.1 Å². The molecule has 16 heavy (non-hydrogen) atoms. The van der Waals surface area contributed by atoms with Crippen molar-refractivity contribution in [2.45, 2.75) is 32.2 Å². The number of hydrogen-bond donors (Lipinski definition) is 1. The molecule has 0 amide bonds. The van der Waals surface area contributed by atoms with Gasteiger partial charge in [-0.15, -0.1) is 0 Å². The molecule has 0 saturated carbocycles. The zero-order valence-corrected chi connectivity index (χ0v) is 10.3. The fourth-order valence-corrected chi connectivity index (χ4v) is 1.58. The summed E-state index contributed by atoms with van der Waals surface area (Å²) in [5, 5.41) is 0. The zero-order valence-electron chi connectivity index (χ0n) is 10.3. The Hall–Kier alpha value is -1.35. The fraction of sp³-hybridized carbons (Fsp3) is 0.462. The lowest BCUT2D eigenvalue weighted by atomic mass is 9.83. The molecule has 0 aliphatic carbocycles. The Kier molecular flexibility index (Phi) is 3.70. The molecule has 0 aliphatic rings. The molecule has 0 saturated heterocycles. The van der Waals surface area contributed by atoms with Crippen molar-refractivity contribution in [3.63, 3.8) is 0 Å². The summed E-state index contributed by atoms with van der Waals surface area (Å²) >= 11 is 0. The highest BCUT2D eigenvalue weighted by Crippen LogP contribution is 2.26. The number of nitrogens with two attached hydrogens (primary N) is 1. The smallest absolute Gasteiger partial charge is 0.315 e. The van der Waals surface area contributed by atoms with E-state index in [1.54, 1.807) is 0 Å².